The molecule has 1 saturated heterocycles. The highest BCUT2D eigenvalue weighted by atomic mass is 32.2. The number of fused-ring (bicyclic) bond motifs is 1. The summed E-state index contributed by atoms with van der Waals surface area (Å²) in [5.74, 6) is -0.940. The van der Waals surface area contributed by atoms with Crippen LogP contribution in [0.5, 0.6) is 0 Å². The molecule has 0 spiro atoms. The van der Waals surface area contributed by atoms with Crippen LogP contribution in [0.15, 0.2) is 54.7 Å². The van der Waals surface area contributed by atoms with Crippen molar-refractivity contribution in [3.63, 3.8) is 0 Å². The van der Waals surface area contributed by atoms with Gasteiger partial charge in [0.2, 0.25) is 5.12 Å². The van der Waals surface area contributed by atoms with Gasteiger partial charge in [0.15, 0.2) is 0 Å². The molecular weight excluding hydrogens is 364 g/mol. The highest BCUT2D eigenvalue weighted by molar-refractivity contribution is 8.26. The van der Waals surface area contributed by atoms with Crippen molar-refractivity contribution < 1.29 is 19.5 Å². The van der Waals surface area contributed by atoms with Crippen molar-refractivity contribution in [3.8, 4) is 0 Å². The molecule has 3 aromatic rings. The Hall–Kier alpha value is -3.06. The highest BCUT2D eigenvalue weighted by Crippen LogP contribution is 2.25. The van der Waals surface area contributed by atoms with E-state index in [1.807, 2.05) is 42.6 Å². The lowest BCUT2D eigenvalue weighted by Crippen LogP contribution is -2.30. The molecule has 6 nitrogen and oxygen atoms in total. The minimum absolute atomic E-state index is 0.144. The predicted octanol–water partition coefficient (Wildman–Crippen LogP) is 3.28. The highest BCUT2D eigenvalue weighted by Gasteiger charge is 2.31. The van der Waals surface area contributed by atoms with Gasteiger partial charge in [0.25, 0.3) is 5.24 Å². The smallest absolute Gasteiger partial charge is 0.335 e. The Bertz CT molecular complexity index is 1060. The van der Waals surface area contributed by atoms with Crippen LogP contribution in [0.1, 0.15) is 21.5 Å². The van der Waals surface area contributed by atoms with E-state index in [0.717, 1.165) is 33.8 Å². The summed E-state index contributed by atoms with van der Waals surface area (Å²) in [6.07, 6.45) is 2.44. The van der Waals surface area contributed by atoms with E-state index in [2.05, 4.69) is 9.88 Å². The zero-order valence-electron chi connectivity index (χ0n) is 14.2. The van der Waals surface area contributed by atoms with Crippen LogP contribution in [0.3, 0.4) is 0 Å². The van der Waals surface area contributed by atoms with E-state index in [0.29, 0.717) is 13.0 Å². The van der Waals surface area contributed by atoms with Crippen molar-refractivity contribution in [2.75, 3.05) is 0 Å². The number of benzene rings is 2. The summed E-state index contributed by atoms with van der Waals surface area (Å²) in [5.41, 5.74) is 3.30. The first-order chi connectivity index (χ1) is 13.0. The molecule has 0 bridgehead atoms. The van der Waals surface area contributed by atoms with Crippen molar-refractivity contribution in [1.29, 1.82) is 0 Å². The number of carboxylic acid groups (broad SMARTS) is 1. The topological polar surface area (TPSA) is 88.4 Å². The average molecular weight is 380 g/mol. The Morgan fingerprint density at radius 1 is 1.11 bits per heavy atom. The maximum atomic E-state index is 11.9. The van der Waals surface area contributed by atoms with Gasteiger partial charge in [-0.25, -0.2) is 4.79 Å². The molecule has 136 valence electrons. The molecular formula is C20H16N2O4S. The first-order valence-corrected chi connectivity index (χ1v) is 9.24. The monoisotopic (exact) mass is 380 g/mol. The minimum Gasteiger partial charge on any atom is -0.478 e. The first kappa shape index (κ1) is 17.4. The summed E-state index contributed by atoms with van der Waals surface area (Å²) in [7, 11) is 0. The van der Waals surface area contributed by atoms with Crippen molar-refractivity contribution >= 4 is 39.0 Å². The molecule has 1 aliphatic rings. The maximum Gasteiger partial charge on any atom is 0.335 e. The largest absolute Gasteiger partial charge is 0.478 e. The summed E-state index contributed by atoms with van der Waals surface area (Å²) in [4.78, 5) is 34.2. The Morgan fingerprint density at radius 2 is 1.89 bits per heavy atom. The van der Waals surface area contributed by atoms with E-state index in [-0.39, 0.29) is 15.9 Å². The molecule has 4 rings (SSSR count). The number of hydrogen-bond acceptors (Lipinski definition) is 4. The number of carbonyl (C=O) groups is 3. The van der Waals surface area contributed by atoms with Crippen molar-refractivity contribution in [3.05, 3.63) is 71.4 Å². The lowest BCUT2D eigenvalue weighted by molar-refractivity contribution is -0.112. The molecule has 0 aliphatic carbocycles. The number of thioether (sulfide) groups is 1. The molecule has 2 N–H and O–H groups in total. The van der Waals surface area contributed by atoms with Crippen LogP contribution >= 0.6 is 11.8 Å². The lowest BCUT2D eigenvalue weighted by atomic mass is 10.0. The second-order valence-electron chi connectivity index (χ2n) is 6.41. The molecule has 1 fully saturated rings. The van der Waals surface area contributed by atoms with Crippen molar-refractivity contribution in [1.82, 2.24) is 9.88 Å². The molecule has 1 aromatic heterocycles. The van der Waals surface area contributed by atoms with E-state index in [1.54, 1.807) is 12.1 Å². The van der Waals surface area contributed by atoms with E-state index >= 15 is 0 Å². The zero-order valence-corrected chi connectivity index (χ0v) is 15.0. The van der Waals surface area contributed by atoms with Gasteiger partial charge in [-0.1, -0.05) is 24.3 Å². The van der Waals surface area contributed by atoms with Crippen LogP contribution in [0, 0.1) is 0 Å². The molecule has 0 saturated carbocycles. The van der Waals surface area contributed by atoms with Crippen LogP contribution in [0.25, 0.3) is 10.9 Å². The van der Waals surface area contributed by atoms with Crippen LogP contribution in [0.4, 0.5) is 4.79 Å². The summed E-state index contributed by atoms with van der Waals surface area (Å²) in [6.45, 7) is 0.613. The molecule has 2 heterocycles. The molecule has 0 radical (unpaired) electrons. The number of rotatable bonds is 5. The third-order valence-corrected chi connectivity index (χ3v) is 5.44. The second kappa shape index (κ2) is 6.92. The van der Waals surface area contributed by atoms with Gasteiger partial charge in [-0.05, 0) is 35.4 Å². The van der Waals surface area contributed by atoms with E-state index in [1.165, 1.54) is 0 Å². The fraction of sp³-hybridized carbons (Fsp3) is 0.150. The van der Waals surface area contributed by atoms with Gasteiger partial charge in [-0.3, -0.25) is 9.59 Å². The Kier molecular flexibility index (Phi) is 4.45. The number of aromatic carboxylic acids is 1. The number of hydrogen-bond donors (Lipinski definition) is 2. The molecule has 7 heteroatoms. The predicted molar refractivity (Wildman–Crippen MR) is 103 cm³/mol. The quantitative estimate of drug-likeness (QED) is 0.709. The second-order valence-corrected chi connectivity index (χ2v) is 7.38. The number of nitrogens with one attached hydrogen (secondary N) is 1. The van der Waals surface area contributed by atoms with Gasteiger partial charge in [-0.2, -0.15) is 0 Å². The molecule has 1 amide bonds. The Labute approximate surface area is 159 Å². The van der Waals surface area contributed by atoms with Gasteiger partial charge < -0.3 is 15.0 Å². The first-order valence-electron chi connectivity index (χ1n) is 8.42. The average Bonchev–Trinajstić information content (AvgIpc) is 3.19. The normalized spacial score (nSPS) is 16.7. The molecule has 1 unspecified atom stereocenters. The van der Waals surface area contributed by atoms with E-state index in [4.69, 9.17) is 5.11 Å². The number of carboxylic acids is 1. The lowest BCUT2D eigenvalue weighted by Gasteiger charge is -2.10. The minimum atomic E-state index is -0.940. The zero-order chi connectivity index (χ0) is 19.0. The SMILES string of the molecule is O=C1NC(Cc2cccc3c2ccn3Cc2ccc(C(=O)O)cc2)C(=O)S1. The summed E-state index contributed by atoms with van der Waals surface area (Å²) < 4.78 is 2.08. The summed E-state index contributed by atoms with van der Waals surface area (Å²) in [5, 5.41) is 12.3. The molecule has 2 aromatic carbocycles. The van der Waals surface area contributed by atoms with Gasteiger partial charge in [0.05, 0.1) is 5.56 Å². The van der Waals surface area contributed by atoms with Crippen LogP contribution in [-0.2, 0) is 17.8 Å². The van der Waals surface area contributed by atoms with Crippen LogP contribution in [0.2, 0.25) is 0 Å². The number of amides is 1. The van der Waals surface area contributed by atoms with Crippen LogP contribution in [-0.4, -0.2) is 32.0 Å². The standard InChI is InChI=1S/C20H16N2O4S/c23-18(24)13-6-4-12(5-7-13)11-22-9-8-15-14(2-1-3-17(15)22)10-16-19(25)27-20(26)21-16/h1-9,16H,10-11H2,(H,21,26)(H,23,24). The number of nitrogens with zero attached hydrogens (tertiary/aromatic N) is 1. The number of carbonyl (C=O) groups excluding carboxylic acids is 2. The van der Waals surface area contributed by atoms with E-state index < -0.39 is 12.0 Å². The summed E-state index contributed by atoms with van der Waals surface area (Å²) >= 11 is 0.727. The Morgan fingerprint density at radius 3 is 2.56 bits per heavy atom. The third-order valence-electron chi connectivity index (χ3n) is 4.65. The summed E-state index contributed by atoms with van der Waals surface area (Å²) in [6, 6.07) is 14.2. The Balaban J connectivity index is 1.59. The number of aromatic nitrogens is 1. The fourth-order valence-electron chi connectivity index (χ4n) is 3.30. The van der Waals surface area contributed by atoms with Gasteiger partial charge >= 0.3 is 5.97 Å². The van der Waals surface area contributed by atoms with Crippen molar-refractivity contribution in [2.45, 2.75) is 19.0 Å². The molecule has 1 aliphatic heterocycles. The van der Waals surface area contributed by atoms with Gasteiger partial charge in [0.1, 0.15) is 6.04 Å². The molecule has 1 atom stereocenters. The fourth-order valence-corrected chi connectivity index (χ4v) is 3.97. The van der Waals surface area contributed by atoms with Crippen molar-refractivity contribution in [2.24, 2.45) is 0 Å². The third kappa shape index (κ3) is 3.46. The van der Waals surface area contributed by atoms with Gasteiger partial charge in [0, 0.05) is 41.8 Å². The van der Waals surface area contributed by atoms with Crippen LogP contribution < -0.4 is 5.32 Å². The van der Waals surface area contributed by atoms with E-state index in [9.17, 15) is 14.4 Å². The molecule has 27 heavy (non-hydrogen) atoms. The maximum absolute atomic E-state index is 11.9. The van der Waals surface area contributed by atoms with Gasteiger partial charge in [-0.15, -0.1) is 0 Å².